The zero-order chi connectivity index (χ0) is 17.0. The lowest BCUT2D eigenvalue weighted by Crippen LogP contribution is -2.14. The van der Waals surface area contributed by atoms with Gasteiger partial charge < -0.3 is 4.74 Å². The summed E-state index contributed by atoms with van der Waals surface area (Å²) in [5, 5.41) is 10.8. The topological polar surface area (TPSA) is 98.5 Å². The number of sulfonamides is 1. The van der Waals surface area contributed by atoms with E-state index >= 15 is 0 Å². The molecule has 0 atom stereocenters. The number of non-ortho nitro benzene ring substituents is 1. The maximum atomic E-state index is 12.5. The normalized spacial score (nSPS) is 10.6. The molecule has 0 bridgehead atoms. The number of rotatable bonds is 5. The quantitative estimate of drug-likeness (QED) is 0.515. The number of anilines is 1. The lowest BCUT2D eigenvalue weighted by atomic mass is 10.2. The third kappa shape index (κ3) is 3.59. The largest absolute Gasteiger partial charge is 0.495 e. The van der Waals surface area contributed by atoms with Crippen LogP contribution in [0.5, 0.6) is 5.75 Å². The number of methoxy groups -OCH3 is 1. The van der Waals surface area contributed by atoms with Crippen LogP contribution in [0.15, 0.2) is 47.4 Å². The van der Waals surface area contributed by atoms with E-state index in [9.17, 15) is 18.5 Å². The van der Waals surface area contributed by atoms with E-state index in [1.165, 1.54) is 25.3 Å². The second-order valence-electron chi connectivity index (χ2n) is 4.42. The van der Waals surface area contributed by atoms with Gasteiger partial charge >= 0.3 is 0 Å². The molecule has 2 aromatic carbocycles. The summed E-state index contributed by atoms with van der Waals surface area (Å²) in [6.07, 6.45) is 5.27. The monoisotopic (exact) mass is 332 g/mol. The summed E-state index contributed by atoms with van der Waals surface area (Å²) in [4.78, 5) is 9.83. The minimum absolute atomic E-state index is 0.00351. The summed E-state index contributed by atoms with van der Waals surface area (Å²) in [6, 6.07) is 9.56. The van der Waals surface area contributed by atoms with Crippen LogP contribution in [0.4, 0.5) is 11.4 Å². The van der Waals surface area contributed by atoms with Gasteiger partial charge in [0.25, 0.3) is 15.7 Å². The Kier molecular flexibility index (Phi) is 4.52. The van der Waals surface area contributed by atoms with Crippen LogP contribution in [0.2, 0.25) is 0 Å². The molecule has 0 spiro atoms. The summed E-state index contributed by atoms with van der Waals surface area (Å²) >= 11 is 0. The number of nitro benzene ring substituents is 1. The van der Waals surface area contributed by atoms with Crippen LogP contribution in [0, 0.1) is 22.5 Å². The number of benzene rings is 2. The van der Waals surface area contributed by atoms with Gasteiger partial charge in [-0.05, 0) is 24.3 Å². The average molecular weight is 332 g/mol. The third-order valence-electron chi connectivity index (χ3n) is 2.93. The van der Waals surface area contributed by atoms with Gasteiger partial charge in [-0.2, -0.15) is 0 Å². The van der Waals surface area contributed by atoms with Crippen LogP contribution in [0.25, 0.3) is 0 Å². The van der Waals surface area contributed by atoms with E-state index in [0.29, 0.717) is 5.56 Å². The third-order valence-corrected chi connectivity index (χ3v) is 4.33. The molecule has 0 saturated carbocycles. The maximum absolute atomic E-state index is 12.5. The van der Waals surface area contributed by atoms with E-state index in [1.807, 2.05) is 0 Å². The Morgan fingerprint density at radius 2 is 2.00 bits per heavy atom. The summed E-state index contributed by atoms with van der Waals surface area (Å²) in [5.74, 6) is 2.39. The van der Waals surface area contributed by atoms with Crippen molar-refractivity contribution in [3.05, 3.63) is 58.1 Å². The Morgan fingerprint density at radius 1 is 1.26 bits per heavy atom. The Hall–Kier alpha value is -3.05. The van der Waals surface area contributed by atoms with Gasteiger partial charge in [-0.15, -0.1) is 6.42 Å². The molecule has 0 fully saturated rings. The molecule has 0 aliphatic carbocycles. The van der Waals surface area contributed by atoms with Crippen molar-refractivity contribution in [3.8, 4) is 18.1 Å². The van der Waals surface area contributed by atoms with Gasteiger partial charge in [-0.25, -0.2) is 8.42 Å². The number of hydrogen-bond acceptors (Lipinski definition) is 5. The molecule has 0 aromatic heterocycles. The lowest BCUT2D eigenvalue weighted by molar-refractivity contribution is -0.385. The van der Waals surface area contributed by atoms with Gasteiger partial charge in [0.05, 0.1) is 17.7 Å². The van der Waals surface area contributed by atoms with E-state index in [2.05, 4.69) is 10.6 Å². The van der Waals surface area contributed by atoms with E-state index in [4.69, 9.17) is 11.2 Å². The second-order valence-corrected chi connectivity index (χ2v) is 6.07. The highest BCUT2D eigenvalue weighted by Crippen LogP contribution is 2.29. The number of terminal acetylenes is 1. The first kappa shape index (κ1) is 16.3. The molecule has 0 aliphatic rings. The van der Waals surface area contributed by atoms with Gasteiger partial charge in [0.2, 0.25) is 0 Å². The molecular formula is C15H12N2O5S. The number of nitro groups is 1. The summed E-state index contributed by atoms with van der Waals surface area (Å²) in [5.41, 5.74) is 0.383. The zero-order valence-electron chi connectivity index (χ0n) is 12.0. The molecule has 0 heterocycles. The predicted octanol–water partition coefficient (Wildman–Crippen LogP) is 2.39. The SMILES string of the molecule is C#Cc1cccc(NS(=O)(=O)c2cc([N+](=O)[O-])ccc2OC)c1. The fraction of sp³-hybridized carbons (Fsp3) is 0.0667. The van der Waals surface area contributed by atoms with Crippen LogP contribution >= 0.6 is 0 Å². The van der Waals surface area contributed by atoms with Crippen molar-refractivity contribution in [3.63, 3.8) is 0 Å². The molecule has 0 amide bonds. The van der Waals surface area contributed by atoms with E-state index in [0.717, 1.165) is 12.1 Å². The Bertz CT molecular complexity index is 900. The highest BCUT2D eigenvalue weighted by atomic mass is 32.2. The van der Waals surface area contributed by atoms with Crippen LogP contribution < -0.4 is 9.46 Å². The second kappa shape index (κ2) is 6.37. The zero-order valence-corrected chi connectivity index (χ0v) is 12.8. The van der Waals surface area contributed by atoms with Gasteiger partial charge in [-0.3, -0.25) is 14.8 Å². The van der Waals surface area contributed by atoms with E-state index < -0.39 is 14.9 Å². The summed E-state index contributed by atoms with van der Waals surface area (Å²) < 4.78 is 32.3. The number of nitrogens with zero attached hydrogens (tertiary/aromatic N) is 1. The molecular weight excluding hydrogens is 320 g/mol. The standard InChI is InChI=1S/C15H12N2O5S/c1-3-11-5-4-6-12(9-11)16-23(20,21)15-10-13(17(18)19)7-8-14(15)22-2/h1,4-10,16H,2H3. The maximum Gasteiger partial charge on any atom is 0.271 e. The summed E-state index contributed by atoms with van der Waals surface area (Å²) in [6.45, 7) is 0. The Morgan fingerprint density at radius 3 is 2.61 bits per heavy atom. The minimum atomic E-state index is -4.09. The Labute approximate surface area is 133 Å². The van der Waals surface area contributed by atoms with Gasteiger partial charge in [0, 0.05) is 17.7 Å². The van der Waals surface area contributed by atoms with Crippen molar-refractivity contribution in [2.24, 2.45) is 0 Å². The molecule has 2 aromatic rings. The first-order valence-corrected chi connectivity index (χ1v) is 7.77. The summed E-state index contributed by atoms with van der Waals surface area (Å²) in [7, 11) is -2.81. The van der Waals surface area contributed by atoms with Crippen LogP contribution in [0.1, 0.15) is 5.56 Å². The Balaban J connectivity index is 2.48. The van der Waals surface area contributed by atoms with E-state index in [1.54, 1.807) is 12.1 Å². The van der Waals surface area contributed by atoms with Crippen LogP contribution in [0.3, 0.4) is 0 Å². The number of ether oxygens (including phenoxy) is 1. The fourth-order valence-electron chi connectivity index (χ4n) is 1.87. The van der Waals surface area contributed by atoms with Crippen molar-refractivity contribution in [1.29, 1.82) is 0 Å². The molecule has 0 aliphatic heterocycles. The number of nitrogens with one attached hydrogen (secondary N) is 1. The molecule has 118 valence electrons. The molecule has 7 nitrogen and oxygen atoms in total. The molecule has 2 rings (SSSR count). The highest BCUT2D eigenvalue weighted by molar-refractivity contribution is 7.92. The van der Waals surface area contributed by atoms with E-state index in [-0.39, 0.29) is 22.0 Å². The molecule has 1 N–H and O–H groups in total. The smallest absolute Gasteiger partial charge is 0.271 e. The molecule has 0 saturated heterocycles. The van der Waals surface area contributed by atoms with Crippen molar-refractivity contribution in [1.82, 2.24) is 0 Å². The average Bonchev–Trinajstić information content (AvgIpc) is 2.53. The van der Waals surface area contributed by atoms with Gasteiger partial charge in [0.1, 0.15) is 10.6 Å². The van der Waals surface area contributed by atoms with Crippen LogP contribution in [-0.2, 0) is 10.0 Å². The predicted molar refractivity (Wildman–Crippen MR) is 84.8 cm³/mol. The highest BCUT2D eigenvalue weighted by Gasteiger charge is 2.23. The van der Waals surface area contributed by atoms with Crippen molar-refractivity contribution in [2.45, 2.75) is 4.90 Å². The lowest BCUT2D eigenvalue weighted by Gasteiger charge is -2.11. The first-order valence-electron chi connectivity index (χ1n) is 6.29. The first-order chi connectivity index (χ1) is 10.9. The van der Waals surface area contributed by atoms with Crippen molar-refractivity contribution < 1.29 is 18.1 Å². The molecule has 23 heavy (non-hydrogen) atoms. The number of hydrogen-bond donors (Lipinski definition) is 1. The molecule has 8 heteroatoms. The molecule has 0 radical (unpaired) electrons. The van der Waals surface area contributed by atoms with Crippen molar-refractivity contribution in [2.75, 3.05) is 11.8 Å². The van der Waals surface area contributed by atoms with Crippen LogP contribution in [-0.4, -0.2) is 20.5 Å². The van der Waals surface area contributed by atoms with Gasteiger partial charge in [0.15, 0.2) is 0 Å². The fourth-order valence-corrected chi connectivity index (χ4v) is 3.11. The van der Waals surface area contributed by atoms with Gasteiger partial charge in [-0.1, -0.05) is 12.0 Å². The molecule has 0 unspecified atom stereocenters. The minimum Gasteiger partial charge on any atom is -0.495 e. The van der Waals surface area contributed by atoms with Crippen molar-refractivity contribution >= 4 is 21.4 Å².